The first-order valence-corrected chi connectivity index (χ1v) is 1.73. The summed E-state index contributed by atoms with van der Waals surface area (Å²) >= 11 is 0. The van der Waals surface area contributed by atoms with Crippen LogP contribution in [-0.4, -0.2) is 10.4 Å². The number of hydrogen-bond donors (Lipinski definition) is 1. The van der Waals surface area contributed by atoms with Crippen LogP contribution in [0.1, 0.15) is 0 Å². The maximum Gasteiger partial charge on any atom is 0.0716 e. The van der Waals surface area contributed by atoms with E-state index >= 15 is 0 Å². The van der Waals surface area contributed by atoms with Crippen molar-refractivity contribution in [2.75, 3.05) is 0 Å². The van der Waals surface area contributed by atoms with Crippen LogP contribution in [0.15, 0.2) is 0 Å². The Balaban J connectivity index is -0.000000000333. The first-order valence-electron chi connectivity index (χ1n) is 0.577. The third-order valence-corrected chi connectivity index (χ3v) is 0. The van der Waals surface area contributed by atoms with Crippen LogP contribution in [0.2, 0.25) is 0 Å². The van der Waals surface area contributed by atoms with Gasteiger partial charge in [0.05, 0.1) is 10.4 Å². The van der Waals surface area contributed by atoms with E-state index in [-0.39, 0.29) is 28.2 Å². The minimum Gasteiger partial charge on any atom is -0.358 e. The molecule has 0 aliphatic heterocycles. The van der Waals surface area contributed by atoms with Crippen molar-refractivity contribution in [1.29, 1.82) is 0 Å². The van der Waals surface area contributed by atoms with E-state index in [1.54, 1.807) is 0 Å². The summed E-state index contributed by atoms with van der Waals surface area (Å²) in [6.45, 7) is 0. The van der Waals surface area contributed by atoms with Crippen LogP contribution in [0, 0.1) is 0 Å². The van der Waals surface area contributed by atoms with Crippen LogP contribution in [0.4, 0.5) is 28.2 Å². The Kier molecular flexibility index (Phi) is 293000. The van der Waals surface area contributed by atoms with Crippen molar-refractivity contribution in [2.45, 2.75) is 0 Å². The summed E-state index contributed by atoms with van der Waals surface area (Å²) in [6.07, 6.45) is 0. The highest BCUT2D eigenvalue weighted by molar-refractivity contribution is 6.02. The standard InChI is InChI=1S/6FH.H5NSi/c;;;;;;1-2/h6*1H;1H2,2H3. The lowest BCUT2D eigenvalue weighted by Gasteiger charge is -1.17. The molecule has 8 heavy (non-hydrogen) atoms. The average molecular weight is 167 g/mol. The van der Waals surface area contributed by atoms with Crippen molar-refractivity contribution in [1.82, 2.24) is 0 Å². The molecule has 0 spiro atoms. The fourth-order valence-corrected chi connectivity index (χ4v) is 0. The number of hydrogen-bond acceptors (Lipinski definition) is 1. The van der Waals surface area contributed by atoms with Crippen LogP contribution in [-0.2, 0) is 0 Å². The zero-order valence-electron chi connectivity index (χ0n) is 4.03. The third-order valence-electron chi connectivity index (χ3n) is 0. The van der Waals surface area contributed by atoms with Gasteiger partial charge in [0, 0.05) is 0 Å². The molecular weight excluding hydrogens is 156 g/mol. The summed E-state index contributed by atoms with van der Waals surface area (Å²) in [4.78, 5) is 0. The van der Waals surface area contributed by atoms with Crippen molar-refractivity contribution in [3.63, 3.8) is 0 Å². The van der Waals surface area contributed by atoms with Crippen molar-refractivity contribution in [3.05, 3.63) is 0 Å². The molecular formula is H11F6NSi. The van der Waals surface area contributed by atoms with Crippen molar-refractivity contribution >= 4 is 10.4 Å². The van der Waals surface area contributed by atoms with Gasteiger partial charge in [0.1, 0.15) is 0 Å². The monoisotopic (exact) mass is 167 g/mol. The molecule has 0 bridgehead atoms. The van der Waals surface area contributed by atoms with Crippen molar-refractivity contribution in [3.8, 4) is 0 Å². The van der Waals surface area contributed by atoms with Crippen LogP contribution < -0.4 is 5.40 Å². The van der Waals surface area contributed by atoms with Gasteiger partial charge in [-0.15, -0.1) is 0 Å². The summed E-state index contributed by atoms with van der Waals surface area (Å²) in [5.74, 6) is 0. The summed E-state index contributed by atoms with van der Waals surface area (Å²) in [5, 5.41) is 4.64. The minimum absolute atomic E-state index is 0. The molecule has 0 saturated heterocycles. The van der Waals surface area contributed by atoms with E-state index < -0.39 is 0 Å². The molecule has 0 aromatic rings. The Morgan fingerprint density at radius 1 is 0.500 bits per heavy atom. The van der Waals surface area contributed by atoms with Gasteiger partial charge in [0.25, 0.3) is 0 Å². The van der Waals surface area contributed by atoms with Crippen LogP contribution in [0.3, 0.4) is 0 Å². The lowest BCUT2D eigenvalue weighted by Crippen LogP contribution is -1.75. The second-order valence-corrected chi connectivity index (χ2v) is 0. The fraction of sp³-hybridized carbons (Fsp3) is 0. The molecule has 0 aliphatic rings. The minimum atomic E-state index is 0. The Labute approximate surface area is 45.3 Å². The molecule has 0 aromatic heterocycles. The van der Waals surface area contributed by atoms with E-state index in [1.165, 1.54) is 0 Å². The molecule has 0 aromatic carbocycles. The Hall–Kier alpha value is -0.243. The molecule has 0 heterocycles. The smallest absolute Gasteiger partial charge is 0.0716 e. The maximum absolute atomic E-state index is 4.64. The molecule has 0 rings (SSSR count). The molecule has 1 nitrogen and oxygen atoms in total. The van der Waals surface area contributed by atoms with Crippen molar-refractivity contribution in [2.24, 2.45) is 5.40 Å². The predicted molar refractivity (Wildman–Crippen MR) is 29.1 cm³/mol. The quantitative estimate of drug-likeness (QED) is 0.369. The van der Waals surface area contributed by atoms with Gasteiger partial charge in [-0.05, 0) is 0 Å². The van der Waals surface area contributed by atoms with Crippen LogP contribution in [0.5, 0.6) is 0 Å². The molecule has 0 fully saturated rings. The number of rotatable bonds is 0. The SMILES string of the molecule is F.F.F.F.F.F.N[SiH3]. The lowest BCUT2D eigenvalue weighted by atomic mass is 13.9. The molecule has 0 saturated carbocycles. The summed E-state index contributed by atoms with van der Waals surface area (Å²) in [5.41, 5.74) is 0. The molecule has 0 atom stereocenters. The van der Waals surface area contributed by atoms with E-state index in [2.05, 4.69) is 5.40 Å². The predicted octanol–water partition coefficient (Wildman–Crippen LogP) is -0.860. The van der Waals surface area contributed by atoms with E-state index in [1.807, 2.05) is 0 Å². The molecule has 0 unspecified atom stereocenters. The molecule has 0 radical (unpaired) electrons. The maximum atomic E-state index is 4.64. The second-order valence-electron chi connectivity index (χ2n) is 0. The van der Waals surface area contributed by atoms with Gasteiger partial charge >= 0.3 is 0 Å². The summed E-state index contributed by atoms with van der Waals surface area (Å²) in [6, 6.07) is 0. The molecule has 0 aliphatic carbocycles. The topological polar surface area (TPSA) is 26.0 Å². The van der Waals surface area contributed by atoms with Gasteiger partial charge in [0.2, 0.25) is 0 Å². The molecule has 8 heteroatoms. The molecule has 62 valence electrons. The van der Waals surface area contributed by atoms with Crippen LogP contribution in [0.25, 0.3) is 0 Å². The van der Waals surface area contributed by atoms with E-state index in [0.29, 0.717) is 0 Å². The third kappa shape index (κ3) is 2200. The zero-order valence-corrected chi connectivity index (χ0v) is 6.03. The van der Waals surface area contributed by atoms with E-state index in [9.17, 15) is 0 Å². The van der Waals surface area contributed by atoms with Gasteiger partial charge in [-0.1, -0.05) is 0 Å². The first-order chi connectivity index (χ1) is 1.00. The Morgan fingerprint density at radius 3 is 0.500 bits per heavy atom. The van der Waals surface area contributed by atoms with E-state index in [0.717, 1.165) is 10.4 Å². The second kappa shape index (κ2) is 3790. The summed E-state index contributed by atoms with van der Waals surface area (Å²) in [7, 11) is 0.806. The molecule has 0 amide bonds. The van der Waals surface area contributed by atoms with Gasteiger partial charge in [-0.25, -0.2) is 0 Å². The normalized spacial score (nSPS) is 1.12. The Bertz CT molecular complexity index is 8.49. The first kappa shape index (κ1) is 618. The number of halogens is 6. The van der Waals surface area contributed by atoms with Gasteiger partial charge in [0.15, 0.2) is 0 Å². The van der Waals surface area contributed by atoms with Crippen LogP contribution >= 0.6 is 0 Å². The lowest BCUT2D eigenvalue weighted by molar-refractivity contribution is 1.11. The zero-order chi connectivity index (χ0) is 2.00. The number of nitrogens with two attached hydrogens (primary N) is 1. The highest BCUT2D eigenvalue weighted by Crippen LogP contribution is 0.425. The Morgan fingerprint density at radius 2 is 0.500 bits per heavy atom. The van der Waals surface area contributed by atoms with Gasteiger partial charge in [-0.3, -0.25) is 28.2 Å². The molecule has 2 N–H and O–H groups in total. The average Bonchev–Trinajstić information content (AvgIpc) is 1.00. The highest BCUT2D eigenvalue weighted by Gasteiger charge is 0.880. The summed E-state index contributed by atoms with van der Waals surface area (Å²) < 4.78 is 0. The van der Waals surface area contributed by atoms with Gasteiger partial charge < -0.3 is 5.40 Å². The fourth-order valence-electron chi connectivity index (χ4n) is 0. The van der Waals surface area contributed by atoms with Gasteiger partial charge in [-0.2, -0.15) is 0 Å². The highest BCUT2D eigenvalue weighted by atomic mass is 28.2. The largest absolute Gasteiger partial charge is 0.358 e. The van der Waals surface area contributed by atoms with Crippen molar-refractivity contribution < 1.29 is 28.2 Å². The van der Waals surface area contributed by atoms with E-state index in [4.69, 9.17) is 0 Å².